The molecule has 8 nitrogen and oxygen atoms in total. The molecule has 0 atom stereocenters. The summed E-state index contributed by atoms with van der Waals surface area (Å²) in [5.74, 6) is 0.746. The van der Waals surface area contributed by atoms with Crippen molar-refractivity contribution in [1.29, 1.82) is 0 Å². The van der Waals surface area contributed by atoms with Gasteiger partial charge in [0, 0.05) is 31.2 Å². The molecule has 0 N–H and O–H groups in total. The van der Waals surface area contributed by atoms with E-state index < -0.39 is 15.3 Å². The van der Waals surface area contributed by atoms with Gasteiger partial charge in [-0.15, -0.1) is 0 Å². The van der Waals surface area contributed by atoms with E-state index in [1.54, 1.807) is 44.3 Å². The molecule has 2 aromatic carbocycles. The maximum absolute atomic E-state index is 13.8. The standard InChI is InChI=1S/C29H35ClN4O4S/c1-21(2)39(36,37)33-17-15-32(16-18-33)27-20-31-34(25-10-6-9-24(30)19-25)29(35)28(27)38-26-13-11-23(12-14-26)22-7-4-3-5-8-22/h3-10,19-21,23,26H,11-18H2,1-2H3. The summed E-state index contributed by atoms with van der Waals surface area (Å²) in [5, 5.41) is 4.49. The first-order valence-corrected chi connectivity index (χ1v) is 15.5. The van der Waals surface area contributed by atoms with E-state index >= 15 is 0 Å². The molecule has 2 heterocycles. The molecule has 3 aromatic rings. The zero-order valence-electron chi connectivity index (χ0n) is 22.4. The second-order valence-corrected chi connectivity index (χ2v) is 13.5. The average Bonchev–Trinajstić information content (AvgIpc) is 2.95. The number of sulfonamides is 1. The van der Waals surface area contributed by atoms with Crippen LogP contribution in [-0.2, 0) is 10.0 Å². The lowest BCUT2D eigenvalue weighted by atomic mass is 9.83. The van der Waals surface area contributed by atoms with Crippen LogP contribution in [-0.4, -0.2) is 60.0 Å². The lowest BCUT2D eigenvalue weighted by Gasteiger charge is -2.37. The molecule has 10 heteroatoms. The van der Waals surface area contributed by atoms with Gasteiger partial charge in [-0.3, -0.25) is 4.79 Å². The highest BCUT2D eigenvalue weighted by atomic mass is 35.5. The third-order valence-corrected chi connectivity index (χ3v) is 10.2. The van der Waals surface area contributed by atoms with Crippen LogP contribution >= 0.6 is 11.6 Å². The van der Waals surface area contributed by atoms with Crippen molar-refractivity contribution in [2.24, 2.45) is 0 Å². The Morgan fingerprint density at radius 1 is 0.949 bits per heavy atom. The minimum absolute atomic E-state index is 0.0887. The van der Waals surface area contributed by atoms with Crippen LogP contribution < -0.4 is 15.2 Å². The highest BCUT2D eigenvalue weighted by molar-refractivity contribution is 7.89. The number of hydrogen-bond acceptors (Lipinski definition) is 6. The molecule has 1 saturated carbocycles. The molecule has 2 aliphatic rings. The predicted molar refractivity (Wildman–Crippen MR) is 155 cm³/mol. The van der Waals surface area contributed by atoms with Gasteiger partial charge in [-0.1, -0.05) is 48.0 Å². The van der Waals surface area contributed by atoms with Crippen molar-refractivity contribution in [3.05, 3.63) is 81.7 Å². The monoisotopic (exact) mass is 570 g/mol. The van der Waals surface area contributed by atoms with Crippen molar-refractivity contribution < 1.29 is 13.2 Å². The molecule has 0 amide bonds. The van der Waals surface area contributed by atoms with Gasteiger partial charge < -0.3 is 9.64 Å². The molecule has 0 unspecified atom stereocenters. The molecule has 1 aliphatic carbocycles. The second-order valence-electron chi connectivity index (χ2n) is 10.5. The number of halogens is 1. The van der Waals surface area contributed by atoms with Gasteiger partial charge in [0.2, 0.25) is 15.8 Å². The predicted octanol–water partition coefficient (Wildman–Crippen LogP) is 4.85. The number of benzene rings is 2. The largest absolute Gasteiger partial charge is 0.483 e. The van der Waals surface area contributed by atoms with Crippen LogP contribution in [0.4, 0.5) is 5.69 Å². The van der Waals surface area contributed by atoms with Crippen LogP contribution in [0, 0.1) is 0 Å². The molecule has 5 rings (SSSR count). The second kappa shape index (κ2) is 11.7. The van der Waals surface area contributed by atoms with E-state index in [1.165, 1.54) is 14.6 Å². The van der Waals surface area contributed by atoms with Crippen molar-refractivity contribution in [2.45, 2.75) is 56.8 Å². The molecule has 0 radical (unpaired) electrons. The summed E-state index contributed by atoms with van der Waals surface area (Å²) in [6, 6.07) is 17.5. The minimum Gasteiger partial charge on any atom is -0.483 e. The summed E-state index contributed by atoms with van der Waals surface area (Å²) in [4.78, 5) is 15.8. The molecule has 0 bridgehead atoms. The van der Waals surface area contributed by atoms with Crippen molar-refractivity contribution >= 4 is 27.3 Å². The lowest BCUT2D eigenvalue weighted by Crippen LogP contribution is -2.50. The summed E-state index contributed by atoms with van der Waals surface area (Å²) in [5.41, 5.74) is 2.16. The van der Waals surface area contributed by atoms with Crippen LogP contribution in [0.2, 0.25) is 5.02 Å². The summed E-state index contributed by atoms with van der Waals surface area (Å²) in [7, 11) is -3.34. The van der Waals surface area contributed by atoms with Gasteiger partial charge in [-0.25, -0.2) is 8.42 Å². The smallest absolute Gasteiger partial charge is 0.316 e. The minimum atomic E-state index is -3.34. The number of nitrogens with zero attached hydrogens (tertiary/aromatic N) is 4. The maximum atomic E-state index is 13.8. The van der Waals surface area contributed by atoms with Crippen LogP contribution in [0.25, 0.3) is 5.69 Å². The van der Waals surface area contributed by atoms with E-state index in [9.17, 15) is 13.2 Å². The summed E-state index contributed by atoms with van der Waals surface area (Å²) < 4.78 is 34.7. The molecule has 2 fully saturated rings. The third kappa shape index (κ3) is 6.00. The number of hydrogen-bond donors (Lipinski definition) is 0. The molecule has 0 spiro atoms. The molecule has 1 aromatic heterocycles. The zero-order valence-corrected chi connectivity index (χ0v) is 23.9. The van der Waals surface area contributed by atoms with Crippen molar-refractivity contribution in [1.82, 2.24) is 14.1 Å². The number of ether oxygens (including phenoxy) is 1. The molecule has 1 saturated heterocycles. The first-order valence-electron chi connectivity index (χ1n) is 13.6. The van der Waals surface area contributed by atoms with Gasteiger partial charge in [0.1, 0.15) is 5.69 Å². The first-order chi connectivity index (χ1) is 18.7. The summed E-state index contributed by atoms with van der Waals surface area (Å²) >= 11 is 6.20. The highest BCUT2D eigenvalue weighted by Gasteiger charge is 2.32. The van der Waals surface area contributed by atoms with E-state index in [0.29, 0.717) is 48.5 Å². The van der Waals surface area contributed by atoms with E-state index in [4.69, 9.17) is 16.3 Å². The van der Waals surface area contributed by atoms with Gasteiger partial charge in [0.25, 0.3) is 0 Å². The molecular weight excluding hydrogens is 536 g/mol. The van der Waals surface area contributed by atoms with Crippen molar-refractivity contribution in [2.75, 3.05) is 31.1 Å². The number of rotatable bonds is 7. The number of piperazine rings is 1. The molecule has 1 aliphatic heterocycles. The Balaban J connectivity index is 1.40. The van der Waals surface area contributed by atoms with Gasteiger partial charge in [-0.2, -0.15) is 14.1 Å². The quantitative estimate of drug-likeness (QED) is 0.404. The Morgan fingerprint density at radius 2 is 1.64 bits per heavy atom. The Hall–Kier alpha value is -2.88. The van der Waals surface area contributed by atoms with E-state index in [2.05, 4.69) is 29.4 Å². The van der Waals surface area contributed by atoms with Crippen molar-refractivity contribution in [3.63, 3.8) is 0 Å². The van der Waals surface area contributed by atoms with E-state index in [0.717, 1.165) is 25.7 Å². The Morgan fingerprint density at radius 3 is 2.28 bits per heavy atom. The van der Waals surface area contributed by atoms with Crippen LogP contribution in [0.1, 0.15) is 51.0 Å². The fraction of sp³-hybridized carbons (Fsp3) is 0.448. The zero-order chi connectivity index (χ0) is 27.6. The maximum Gasteiger partial charge on any atom is 0.316 e. The average molecular weight is 571 g/mol. The SMILES string of the molecule is CC(C)S(=O)(=O)N1CCN(c2cnn(-c3cccc(Cl)c3)c(=O)c2OC2CCC(c3ccccc3)CC2)CC1. The van der Waals surface area contributed by atoms with Crippen LogP contribution in [0.3, 0.4) is 0 Å². The molecule has 208 valence electrons. The third-order valence-electron chi connectivity index (χ3n) is 7.73. The molecule has 39 heavy (non-hydrogen) atoms. The normalized spacial score (nSPS) is 20.8. The fourth-order valence-corrected chi connectivity index (χ4v) is 6.90. The van der Waals surface area contributed by atoms with Crippen LogP contribution in [0.5, 0.6) is 5.75 Å². The number of aromatic nitrogens is 2. The first kappa shape index (κ1) is 27.7. The Labute approximate surface area is 235 Å². The van der Waals surface area contributed by atoms with Gasteiger partial charge >= 0.3 is 5.56 Å². The van der Waals surface area contributed by atoms with E-state index in [1.807, 2.05) is 11.0 Å². The van der Waals surface area contributed by atoms with Gasteiger partial charge in [0.05, 0.1) is 23.2 Å². The van der Waals surface area contributed by atoms with Gasteiger partial charge in [0.15, 0.2) is 0 Å². The Bertz CT molecular complexity index is 1450. The van der Waals surface area contributed by atoms with Gasteiger partial charge in [-0.05, 0) is 69.2 Å². The summed E-state index contributed by atoms with van der Waals surface area (Å²) in [6.07, 6.45) is 5.23. The summed E-state index contributed by atoms with van der Waals surface area (Å²) in [6.45, 7) is 4.98. The van der Waals surface area contributed by atoms with E-state index in [-0.39, 0.29) is 17.4 Å². The lowest BCUT2D eigenvalue weighted by molar-refractivity contribution is 0.144. The fourth-order valence-electron chi connectivity index (χ4n) is 5.44. The topological polar surface area (TPSA) is 84.7 Å². The Kier molecular flexibility index (Phi) is 8.30. The van der Waals surface area contributed by atoms with Crippen molar-refractivity contribution in [3.8, 4) is 11.4 Å². The highest BCUT2D eigenvalue weighted by Crippen LogP contribution is 2.36. The number of anilines is 1. The molecular formula is C29H35ClN4O4S. The van der Waals surface area contributed by atoms with Crippen LogP contribution in [0.15, 0.2) is 65.6 Å².